The number of methoxy groups -OCH3 is 1. The van der Waals surface area contributed by atoms with Crippen LogP contribution in [-0.2, 0) is 6.42 Å². The zero-order chi connectivity index (χ0) is 13.5. The van der Waals surface area contributed by atoms with Crippen LogP contribution in [0.2, 0.25) is 0 Å². The molecule has 19 heavy (non-hydrogen) atoms. The van der Waals surface area contributed by atoms with E-state index in [4.69, 9.17) is 4.74 Å². The fourth-order valence-electron chi connectivity index (χ4n) is 2.66. The fraction of sp³-hybridized carbons (Fsp3) is 0.625. The Balaban J connectivity index is 1.71. The van der Waals surface area contributed by atoms with E-state index in [0.717, 1.165) is 25.3 Å². The summed E-state index contributed by atoms with van der Waals surface area (Å²) < 4.78 is 5.18. The summed E-state index contributed by atoms with van der Waals surface area (Å²) >= 11 is 0. The molecule has 0 amide bonds. The van der Waals surface area contributed by atoms with Gasteiger partial charge in [-0.3, -0.25) is 0 Å². The van der Waals surface area contributed by atoms with E-state index in [1.54, 1.807) is 7.11 Å². The summed E-state index contributed by atoms with van der Waals surface area (Å²) in [4.78, 5) is 2.44. The van der Waals surface area contributed by atoms with Crippen molar-refractivity contribution in [1.82, 2.24) is 10.2 Å². The molecule has 3 nitrogen and oxygen atoms in total. The molecule has 0 spiro atoms. The molecule has 3 heteroatoms. The van der Waals surface area contributed by atoms with Gasteiger partial charge < -0.3 is 15.0 Å². The van der Waals surface area contributed by atoms with E-state index in [-0.39, 0.29) is 0 Å². The van der Waals surface area contributed by atoms with Gasteiger partial charge in [0.15, 0.2) is 0 Å². The highest BCUT2D eigenvalue weighted by Crippen LogP contribution is 2.12. The predicted molar refractivity (Wildman–Crippen MR) is 79.8 cm³/mol. The largest absolute Gasteiger partial charge is 0.497 e. The second-order valence-corrected chi connectivity index (χ2v) is 5.51. The minimum atomic E-state index is 0.689. The maximum absolute atomic E-state index is 5.18. The van der Waals surface area contributed by atoms with Gasteiger partial charge in [-0.25, -0.2) is 0 Å². The summed E-state index contributed by atoms with van der Waals surface area (Å²) in [6.07, 6.45) is 5.15. The summed E-state index contributed by atoms with van der Waals surface area (Å²) in [6, 6.07) is 9.09. The smallest absolute Gasteiger partial charge is 0.118 e. The van der Waals surface area contributed by atoms with Gasteiger partial charge in [0.25, 0.3) is 0 Å². The normalized spacial score (nSPS) is 19.6. The van der Waals surface area contributed by atoms with Crippen molar-refractivity contribution in [1.29, 1.82) is 0 Å². The first-order valence-corrected chi connectivity index (χ1v) is 7.33. The van der Waals surface area contributed by atoms with Crippen molar-refractivity contribution in [3.05, 3.63) is 29.8 Å². The highest BCUT2D eigenvalue weighted by Gasteiger charge is 2.14. The summed E-state index contributed by atoms with van der Waals surface area (Å²) in [6.45, 7) is 3.47. The number of hydrogen-bond donors (Lipinski definition) is 1. The Kier molecular flexibility index (Phi) is 5.67. The second-order valence-electron chi connectivity index (χ2n) is 5.51. The lowest BCUT2D eigenvalue weighted by atomic mass is 10.0. The highest BCUT2D eigenvalue weighted by atomic mass is 16.5. The third-order valence-corrected chi connectivity index (χ3v) is 3.89. The first-order chi connectivity index (χ1) is 9.28. The Morgan fingerprint density at radius 3 is 2.68 bits per heavy atom. The monoisotopic (exact) mass is 262 g/mol. The molecule has 0 radical (unpaired) electrons. The number of likely N-dealkylation sites (N-methyl/N-ethyl adjacent to an activating group) is 1. The molecule has 1 atom stereocenters. The van der Waals surface area contributed by atoms with Crippen LogP contribution in [0.25, 0.3) is 0 Å². The van der Waals surface area contributed by atoms with E-state index >= 15 is 0 Å². The van der Waals surface area contributed by atoms with Crippen LogP contribution in [0.4, 0.5) is 0 Å². The molecule has 0 aliphatic carbocycles. The molecule has 1 fully saturated rings. The Labute approximate surface area is 116 Å². The molecule has 1 heterocycles. The van der Waals surface area contributed by atoms with Crippen molar-refractivity contribution in [2.24, 2.45) is 0 Å². The van der Waals surface area contributed by atoms with Gasteiger partial charge in [0, 0.05) is 19.1 Å². The third kappa shape index (κ3) is 4.84. The maximum Gasteiger partial charge on any atom is 0.118 e. The van der Waals surface area contributed by atoms with E-state index in [0.29, 0.717) is 6.04 Å². The molecule has 1 saturated heterocycles. The van der Waals surface area contributed by atoms with Gasteiger partial charge in [0.1, 0.15) is 5.75 Å². The molecule has 1 N–H and O–H groups in total. The summed E-state index contributed by atoms with van der Waals surface area (Å²) in [5.41, 5.74) is 1.38. The standard InChI is InChI=1S/C16H26N2O/c1-18(13-15-5-3-4-11-17-15)12-10-14-6-8-16(19-2)9-7-14/h6-9,15,17H,3-5,10-13H2,1-2H3. The van der Waals surface area contributed by atoms with Crippen molar-refractivity contribution in [3.63, 3.8) is 0 Å². The first kappa shape index (κ1) is 14.4. The number of ether oxygens (including phenoxy) is 1. The molecular weight excluding hydrogens is 236 g/mol. The van der Waals surface area contributed by atoms with Crippen LogP contribution in [0.5, 0.6) is 5.75 Å². The summed E-state index contributed by atoms with van der Waals surface area (Å²) in [5.74, 6) is 0.934. The molecule has 1 aliphatic rings. The zero-order valence-corrected chi connectivity index (χ0v) is 12.2. The van der Waals surface area contributed by atoms with Crippen LogP contribution < -0.4 is 10.1 Å². The van der Waals surface area contributed by atoms with E-state index in [1.165, 1.54) is 31.4 Å². The molecule has 1 aromatic rings. The van der Waals surface area contributed by atoms with Crippen molar-refractivity contribution in [2.75, 3.05) is 33.8 Å². The molecule has 0 aromatic heterocycles. The molecule has 0 bridgehead atoms. The average molecular weight is 262 g/mol. The van der Waals surface area contributed by atoms with Crippen LogP contribution in [0.1, 0.15) is 24.8 Å². The van der Waals surface area contributed by atoms with Gasteiger partial charge in [0.2, 0.25) is 0 Å². The van der Waals surface area contributed by atoms with Gasteiger partial charge in [-0.15, -0.1) is 0 Å². The zero-order valence-electron chi connectivity index (χ0n) is 12.2. The molecule has 1 unspecified atom stereocenters. The minimum Gasteiger partial charge on any atom is -0.497 e. The van der Waals surface area contributed by atoms with Crippen molar-refractivity contribution in [2.45, 2.75) is 31.7 Å². The van der Waals surface area contributed by atoms with Crippen molar-refractivity contribution in [3.8, 4) is 5.75 Å². The van der Waals surface area contributed by atoms with E-state index in [9.17, 15) is 0 Å². The minimum absolute atomic E-state index is 0.689. The third-order valence-electron chi connectivity index (χ3n) is 3.89. The lowest BCUT2D eigenvalue weighted by Gasteiger charge is -2.28. The number of nitrogens with zero attached hydrogens (tertiary/aromatic N) is 1. The number of benzene rings is 1. The van der Waals surface area contributed by atoms with Crippen LogP contribution in [0.15, 0.2) is 24.3 Å². The topological polar surface area (TPSA) is 24.5 Å². The SMILES string of the molecule is COc1ccc(CCN(C)CC2CCCCN2)cc1. The highest BCUT2D eigenvalue weighted by molar-refractivity contribution is 5.27. The van der Waals surface area contributed by atoms with Crippen LogP contribution in [-0.4, -0.2) is 44.7 Å². The van der Waals surface area contributed by atoms with Crippen LogP contribution in [0, 0.1) is 0 Å². The van der Waals surface area contributed by atoms with E-state index in [1.807, 2.05) is 12.1 Å². The lowest BCUT2D eigenvalue weighted by Crippen LogP contribution is -2.42. The van der Waals surface area contributed by atoms with Crippen molar-refractivity contribution >= 4 is 0 Å². The summed E-state index contributed by atoms with van der Waals surface area (Å²) in [7, 11) is 3.93. The lowest BCUT2D eigenvalue weighted by molar-refractivity contribution is 0.264. The number of hydrogen-bond acceptors (Lipinski definition) is 3. The fourth-order valence-corrected chi connectivity index (χ4v) is 2.66. The quantitative estimate of drug-likeness (QED) is 0.851. The first-order valence-electron chi connectivity index (χ1n) is 7.33. The Morgan fingerprint density at radius 1 is 1.26 bits per heavy atom. The van der Waals surface area contributed by atoms with Crippen molar-refractivity contribution < 1.29 is 4.74 Å². The van der Waals surface area contributed by atoms with Gasteiger partial charge in [-0.05, 0) is 50.6 Å². The molecule has 1 aliphatic heterocycles. The Morgan fingerprint density at radius 2 is 2.05 bits per heavy atom. The molecule has 0 saturated carbocycles. The maximum atomic E-state index is 5.18. The Bertz CT molecular complexity index is 358. The molecule has 106 valence electrons. The van der Waals surface area contributed by atoms with Crippen LogP contribution in [0.3, 0.4) is 0 Å². The number of nitrogens with one attached hydrogen (secondary N) is 1. The average Bonchev–Trinajstić information content (AvgIpc) is 2.47. The molecular formula is C16H26N2O. The molecule has 1 aromatic carbocycles. The van der Waals surface area contributed by atoms with Gasteiger partial charge in [-0.2, -0.15) is 0 Å². The second kappa shape index (κ2) is 7.51. The Hall–Kier alpha value is -1.06. The van der Waals surface area contributed by atoms with Gasteiger partial charge >= 0.3 is 0 Å². The number of piperidine rings is 1. The summed E-state index contributed by atoms with van der Waals surface area (Å²) in [5, 5.41) is 3.61. The van der Waals surface area contributed by atoms with Gasteiger partial charge in [0.05, 0.1) is 7.11 Å². The van der Waals surface area contributed by atoms with Gasteiger partial charge in [-0.1, -0.05) is 18.6 Å². The number of rotatable bonds is 6. The van der Waals surface area contributed by atoms with E-state index < -0.39 is 0 Å². The van der Waals surface area contributed by atoms with Crippen LogP contribution >= 0.6 is 0 Å². The predicted octanol–water partition coefficient (Wildman–Crippen LogP) is 2.31. The van der Waals surface area contributed by atoms with E-state index in [2.05, 4.69) is 29.4 Å². The molecule has 2 rings (SSSR count).